The summed E-state index contributed by atoms with van der Waals surface area (Å²) in [5.74, 6) is -3.97. The Balaban J connectivity index is 3.25. The zero-order valence-electron chi connectivity index (χ0n) is 14.3. The monoisotopic (exact) mass is 337 g/mol. The van der Waals surface area contributed by atoms with E-state index < -0.39 is 47.5 Å². The number of esters is 2. The van der Waals surface area contributed by atoms with Gasteiger partial charge in [-0.2, -0.15) is 0 Å². The van der Waals surface area contributed by atoms with Crippen molar-refractivity contribution in [3.8, 4) is 0 Å². The third-order valence-corrected chi connectivity index (χ3v) is 3.19. The Morgan fingerprint density at radius 2 is 1.46 bits per heavy atom. The van der Waals surface area contributed by atoms with Crippen LogP contribution >= 0.6 is 0 Å². The molecule has 7 nitrogen and oxygen atoms in total. The van der Waals surface area contributed by atoms with E-state index in [-0.39, 0.29) is 0 Å². The Morgan fingerprint density at radius 1 is 1.00 bits per heavy atom. The van der Waals surface area contributed by atoms with Crippen molar-refractivity contribution >= 4 is 11.9 Å². The normalized spacial score (nSPS) is 12.3. The van der Waals surface area contributed by atoms with Crippen molar-refractivity contribution in [1.29, 1.82) is 0 Å². The quantitative estimate of drug-likeness (QED) is 0.313. The molecule has 1 atom stereocenters. The Labute approximate surface area is 141 Å². The molecule has 24 heavy (non-hydrogen) atoms. The van der Waals surface area contributed by atoms with Crippen molar-refractivity contribution in [2.75, 3.05) is 6.54 Å². The van der Waals surface area contributed by atoms with E-state index in [1.807, 2.05) is 0 Å². The molecule has 0 aliphatic rings. The minimum Gasteiger partial charge on any atom is -0.462 e. The van der Waals surface area contributed by atoms with Crippen LogP contribution in [0.15, 0.2) is 30.3 Å². The van der Waals surface area contributed by atoms with E-state index in [9.17, 15) is 19.7 Å². The Morgan fingerprint density at radius 3 is 1.83 bits per heavy atom. The van der Waals surface area contributed by atoms with Crippen LogP contribution in [0, 0.1) is 16.0 Å². The zero-order chi connectivity index (χ0) is 18.3. The summed E-state index contributed by atoms with van der Waals surface area (Å²) in [5.41, 5.74) is 0.514. The third kappa shape index (κ3) is 5.98. The van der Waals surface area contributed by atoms with Gasteiger partial charge in [0, 0.05) is 4.92 Å². The predicted molar refractivity (Wildman–Crippen MR) is 87.0 cm³/mol. The van der Waals surface area contributed by atoms with Crippen molar-refractivity contribution < 1.29 is 24.0 Å². The van der Waals surface area contributed by atoms with Crippen LogP contribution in [0.2, 0.25) is 0 Å². The fourth-order valence-electron chi connectivity index (χ4n) is 2.30. The minimum atomic E-state index is -1.39. The first-order valence-electron chi connectivity index (χ1n) is 7.80. The first kappa shape index (κ1) is 19.6. The number of ether oxygens (including phenoxy) is 2. The highest BCUT2D eigenvalue weighted by molar-refractivity contribution is 5.96. The van der Waals surface area contributed by atoms with E-state index in [1.165, 1.54) is 0 Å². The van der Waals surface area contributed by atoms with Gasteiger partial charge >= 0.3 is 11.9 Å². The van der Waals surface area contributed by atoms with E-state index in [4.69, 9.17) is 9.47 Å². The van der Waals surface area contributed by atoms with Gasteiger partial charge in [-0.05, 0) is 33.3 Å². The summed E-state index contributed by atoms with van der Waals surface area (Å²) < 4.78 is 10.3. The van der Waals surface area contributed by atoms with Gasteiger partial charge in [-0.3, -0.25) is 19.7 Å². The summed E-state index contributed by atoms with van der Waals surface area (Å²) in [6.07, 6.45) is -0.891. The standard InChI is InChI=1S/C17H23NO6/c1-11(2)23-16(19)15(17(20)24-12(3)4)14(10-18(21)22)13-8-6-5-7-9-13/h5-9,11-12,14-15H,10H2,1-4H3. The van der Waals surface area contributed by atoms with Crippen LogP contribution in [0.4, 0.5) is 0 Å². The Bertz CT molecular complexity index is 548. The number of benzene rings is 1. The molecule has 0 spiro atoms. The van der Waals surface area contributed by atoms with Crippen LogP contribution in [-0.4, -0.2) is 35.6 Å². The highest BCUT2D eigenvalue weighted by Gasteiger charge is 2.42. The maximum absolute atomic E-state index is 12.4. The fraction of sp³-hybridized carbons (Fsp3) is 0.529. The maximum Gasteiger partial charge on any atom is 0.321 e. The van der Waals surface area contributed by atoms with Gasteiger partial charge in [-0.1, -0.05) is 30.3 Å². The van der Waals surface area contributed by atoms with Crippen LogP contribution in [0.1, 0.15) is 39.2 Å². The van der Waals surface area contributed by atoms with Crippen LogP contribution in [0.3, 0.4) is 0 Å². The molecule has 7 heteroatoms. The van der Waals surface area contributed by atoms with Gasteiger partial charge in [0.1, 0.15) is 0 Å². The minimum absolute atomic E-state index is 0.445. The molecular formula is C17H23NO6. The van der Waals surface area contributed by atoms with Crippen molar-refractivity contribution in [2.24, 2.45) is 5.92 Å². The molecule has 0 aliphatic carbocycles. The number of nitro groups is 1. The lowest BCUT2D eigenvalue weighted by atomic mass is 9.85. The van der Waals surface area contributed by atoms with Crippen molar-refractivity contribution in [1.82, 2.24) is 0 Å². The maximum atomic E-state index is 12.4. The topological polar surface area (TPSA) is 95.7 Å². The number of hydrogen-bond donors (Lipinski definition) is 0. The average Bonchev–Trinajstić information content (AvgIpc) is 2.45. The van der Waals surface area contributed by atoms with Crippen molar-refractivity contribution in [3.05, 3.63) is 46.0 Å². The van der Waals surface area contributed by atoms with E-state index in [0.717, 1.165) is 0 Å². The molecular weight excluding hydrogens is 314 g/mol. The molecule has 0 radical (unpaired) electrons. The summed E-state index contributed by atoms with van der Waals surface area (Å²) in [7, 11) is 0. The molecule has 0 N–H and O–H groups in total. The lowest BCUT2D eigenvalue weighted by molar-refractivity contribution is -0.484. The summed E-state index contributed by atoms with van der Waals surface area (Å²) >= 11 is 0. The van der Waals surface area contributed by atoms with Gasteiger partial charge in [0.15, 0.2) is 5.92 Å². The van der Waals surface area contributed by atoms with Gasteiger partial charge < -0.3 is 9.47 Å². The first-order valence-corrected chi connectivity index (χ1v) is 7.80. The molecule has 0 bridgehead atoms. The lowest BCUT2D eigenvalue weighted by Gasteiger charge is -2.24. The fourth-order valence-corrected chi connectivity index (χ4v) is 2.30. The van der Waals surface area contributed by atoms with Crippen molar-refractivity contribution in [3.63, 3.8) is 0 Å². The second-order valence-electron chi connectivity index (χ2n) is 5.98. The average molecular weight is 337 g/mol. The molecule has 0 heterocycles. The Hall–Kier alpha value is -2.44. The summed E-state index contributed by atoms with van der Waals surface area (Å²) in [6.45, 7) is 6.01. The molecule has 0 aromatic heterocycles. The van der Waals surface area contributed by atoms with Crippen LogP contribution < -0.4 is 0 Å². The highest BCUT2D eigenvalue weighted by atomic mass is 16.6. The molecule has 0 saturated heterocycles. The van der Waals surface area contributed by atoms with Crippen LogP contribution in [0.25, 0.3) is 0 Å². The van der Waals surface area contributed by atoms with Gasteiger partial charge in [-0.15, -0.1) is 0 Å². The Kier molecular flexibility index (Phi) is 7.35. The lowest BCUT2D eigenvalue weighted by Crippen LogP contribution is -2.38. The summed E-state index contributed by atoms with van der Waals surface area (Å²) in [6, 6.07) is 8.43. The number of carbonyl (C=O) groups excluding carboxylic acids is 2. The van der Waals surface area contributed by atoms with Crippen LogP contribution in [0.5, 0.6) is 0 Å². The van der Waals surface area contributed by atoms with Gasteiger partial charge in [0.25, 0.3) is 0 Å². The molecule has 1 unspecified atom stereocenters. The molecule has 0 saturated carbocycles. The zero-order valence-corrected chi connectivity index (χ0v) is 14.3. The molecule has 1 aromatic rings. The third-order valence-electron chi connectivity index (χ3n) is 3.19. The number of carbonyl (C=O) groups is 2. The number of rotatable bonds is 8. The summed E-state index contributed by atoms with van der Waals surface area (Å²) in [4.78, 5) is 35.4. The van der Waals surface area contributed by atoms with E-state index in [2.05, 4.69) is 0 Å². The SMILES string of the molecule is CC(C)OC(=O)C(C(=O)OC(C)C)C(C[N+](=O)[O-])c1ccccc1. The molecule has 1 aromatic carbocycles. The van der Waals surface area contributed by atoms with E-state index >= 15 is 0 Å². The van der Waals surface area contributed by atoms with Crippen LogP contribution in [-0.2, 0) is 19.1 Å². The number of nitrogens with zero attached hydrogens (tertiary/aromatic N) is 1. The van der Waals surface area contributed by atoms with Gasteiger partial charge in [0.05, 0.1) is 18.1 Å². The van der Waals surface area contributed by atoms with Crippen molar-refractivity contribution in [2.45, 2.75) is 45.8 Å². The number of hydrogen-bond acceptors (Lipinski definition) is 6. The molecule has 1 rings (SSSR count). The second-order valence-corrected chi connectivity index (χ2v) is 5.98. The van der Waals surface area contributed by atoms with E-state index in [0.29, 0.717) is 5.56 Å². The molecule has 0 fully saturated rings. The largest absolute Gasteiger partial charge is 0.462 e. The van der Waals surface area contributed by atoms with E-state index in [1.54, 1.807) is 58.0 Å². The first-order chi connectivity index (χ1) is 11.2. The van der Waals surface area contributed by atoms with Gasteiger partial charge in [-0.25, -0.2) is 0 Å². The molecule has 0 aliphatic heterocycles. The highest BCUT2D eigenvalue weighted by Crippen LogP contribution is 2.28. The summed E-state index contributed by atoms with van der Waals surface area (Å²) in [5, 5.41) is 11.1. The molecule has 0 amide bonds. The van der Waals surface area contributed by atoms with Gasteiger partial charge in [0.2, 0.25) is 6.54 Å². The smallest absolute Gasteiger partial charge is 0.321 e. The molecule has 132 valence electrons. The second kappa shape index (κ2) is 9.00. The predicted octanol–water partition coefficient (Wildman–Crippen LogP) is 2.57.